The van der Waals surface area contributed by atoms with Crippen molar-refractivity contribution in [2.45, 2.75) is 22.6 Å². The number of rotatable bonds is 7. The van der Waals surface area contributed by atoms with Gasteiger partial charge < -0.3 is 11.5 Å². The van der Waals surface area contributed by atoms with Gasteiger partial charge in [0.25, 0.3) is 0 Å². The molecule has 20 heavy (non-hydrogen) atoms. The van der Waals surface area contributed by atoms with E-state index in [1.165, 1.54) is 20.9 Å². The Labute approximate surface area is 128 Å². The van der Waals surface area contributed by atoms with Crippen molar-refractivity contribution in [3.8, 4) is 0 Å². The Morgan fingerprint density at radius 1 is 0.700 bits per heavy atom. The molecule has 0 saturated heterocycles. The van der Waals surface area contributed by atoms with E-state index in [4.69, 9.17) is 11.5 Å². The molecule has 4 N–H and O–H groups in total. The van der Waals surface area contributed by atoms with Crippen molar-refractivity contribution in [3.63, 3.8) is 0 Å². The highest BCUT2D eigenvalue weighted by molar-refractivity contribution is 8.76. The maximum Gasteiger partial charge on any atom is 0.0189 e. The van der Waals surface area contributed by atoms with Gasteiger partial charge in [-0.1, -0.05) is 45.9 Å². The van der Waals surface area contributed by atoms with Crippen molar-refractivity contribution in [2.24, 2.45) is 11.5 Å². The normalized spacial score (nSPS) is 10.7. The third-order valence-corrected chi connectivity index (χ3v) is 5.28. The first-order chi connectivity index (χ1) is 9.81. The van der Waals surface area contributed by atoms with E-state index in [1.807, 2.05) is 0 Å². The Hall–Kier alpha value is -0.940. The topological polar surface area (TPSA) is 52.0 Å². The molecule has 0 aromatic heterocycles. The van der Waals surface area contributed by atoms with Crippen molar-refractivity contribution in [2.75, 3.05) is 13.1 Å². The number of benzene rings is 2. The van der Waals surface area contributed by atoms with Crippen molar-refractivity contribution >= 4 is 21.6 Å². The highest BCUT2D eigenvalue weighted by Crippen LogP contribution is 2.37. The van der Waals surface area contributed by atoms with Gasteiger partial charge in [0.1, 0.15) is 0 Å². The van der Waals surface area contributed by atoms with Crippen LogP contribution in [0.2, 0.25) is 0 Å². The first-order valence-electron chi connectivity index (χ1n) is 6.74. The summed E-state index contributed by atoms with van der Waals surface area (Å²) >= 11 is 0. The van der Waals surface area contributed by atoms with Crippen molar-refractivity contribution in [1.29, 1.82) is 0 Å². The molecule has 0 saturated carbocycles. The minimum atomic E-state index is 0.697. The molecule has 0 bridgehead atoms. The van der Waals surface area contributed by atoms with Crippen LogP contribution in [-0.4, -0.2) is 13.1 Å². The molecule has 0 radical (unpaired) electrons. The van der Waals surface area contributed by atoms with Crippen molar-refractivity contribution in [1.82, 2.24) is 0 Å². The van der Waals surface area contributed by atoms with E-state index in [0.29, 0.717) is 13.1 Å². The maximum atomic E-state index is 5.60. The van der Waals surface area contributed by atoms with Crippen LogP contribution in [0.5, 0.6) is 0 Å². The number of hydrogen-bond donors (Lipinski definition) is 2. The molecule has 0 aliphatic carbocycles. The summed E-state index contributed by atoms with van der Waals surface area (Å²) in [6.45, 7) is 1.39. The summed E-state index contributed by atoms with van der Waals surface area (Å²) in [7, 11) is 3.57. The number of hydrogen-bond acceptors (Lipinski definition) is 4. The molecule has 0 aliphatic heterocycles. The Bertz CT molecular complexity index is 494. The predicted octanol–water partition coefficient (Wildman–Crippen LogP) is 3.49. The first-order valence-corrected chi connectivity index (χ1v) is 8.89. The van der Waals surface area contributed by atoms with Crippen LogP contribution < -0.4 is 11.5 Å². The Balaban J connectivity index is 1.97. The quantitative estimate of drug-likeness (QED) is 0.769. The van der Waals surface area contributed by atoms with Gasteiger partial charge in [0.2, 0.25) is 0 Å². The molecule has 106 valence electrons. The maximum absolute atomic E-state index is 5.60. The van der Waals surface area contributed by atoms with Gasteiger partial charge in [0.05, 0.1) is 0 Å². The van der Waals surface area contributed by atoms with Gasteiger partial charge in [-0.2, -0.15) is 0 Å². The van der Waals surface area contributed by atoms with Crippen LogP contribution in [0, 0.1) is 0 Å². The van der Waals surface area contributed by atoms with Crippen LogP contribution in [-0.2, 0) is 12.8 Å². The molecule has 0 atom stereocenters. The fourth-order valence-corrected chi connectivity index (χ4v) is 3.99. The lowest BCUT2D eigenvalue weighted by Gasteiger charge is -2.05. The van der Waals surface area contributed by atoms with Crippen LogP contribution >= 0.6 is 21.6 Å². The Kier molecular flexibility index (Phi) is 6.47. The van der Waals surface area contributed by atoms with Gasteiger partial charge in [0, 0.05) is 9.79 Å². The summed E-state index contributed by atoms with van der Waals surface area (Å²) in [6.07, 6.45) is 1.87. The fraction of sp³-hybridized carbons (Fsp3) is 0.250. The average molecular weight is 304 g/mol. The molecule has 0 fully saturated rings. The molecule has 2 nitrogen and oxygen atoms in total. The van der Waals surface area contributed by atoms with Gasteiger partial charge in [0.15, 0.2) is 0 Å². The second-order valence-corrected chi connectivity index (χ2v) is 6.81. The van der Waals surface area contributed by atoms with Gasteiger partial charge in [-0.15, -0.1) is 0 Å². The van der Waals surface area contributed by atoms with Crippen molar-refractivity contribution < 1.29 is 0 Å². The lowest BCUT2D eigenvalue weighted by atomic mass is 10.2. The van der Waals surface area contributed by atoms with Crippen LogP contribution in [0.15, 0.2) is 58.3 Å². The second-order valence-electron chi connectivity index (χ2n) is 4.54. The molecule has 2 aromatic rings. The van der Waals surface area contributed by atoms with Gasteiger partial charge in [-0.25, -0.2) is 0 Å². The Morgan fingerprint density at radius 3 is 1.55 bits per heavy atom. The van der Waals surface area contributed by atoms with Crippen molar-refractivity contribution in [3.05, 3.63) is 59.7 Å². The zero-order valence-electron chi connectivity index (χ0n) is 11.4. The molecule has 0 unspecified atom stereocenters. The van der Waals surface area contributed by atoms with E-state index >= 15 is 0 Å². The standard InChI is InChI=1S/C16H20N2S2/c17-9-7-13-3-1-5-15(11-13)19-20-16-6-2-4-14(12-16)8-10-18/h1-6,11-12H,7-10,17-18H2. The van der Waals surface area contributed by atoms with Gasteiger partial charge in [-0.05, 0) is 61.3 Å². The SMILES string of the molecule is NCCc1cccc(SSc2cccc(CCN)c2)c1. The molecule has 0 heterocycles. The van der Waals surface area contributed by atoms with Gasteiger partial charge in [-0.3, -0.25) is 0 Å². The average Bonchev–Trinajstić information content (AvgIpc) is 2.47. The molecule has 0 spiro atoms. The van der Waals surface area contributed by atoms with Crippen LogP contribution in [0.3, 0.4) is 0 Å². The van der Waals surface area contributed by atoms with Crippen LogP contribution in [0.4, 0.5) is 0 Å². The predicted molar refractivity (Wildman–Crippen MR) is 90.1 cm³/mol. The highest BCUT2D eigenvalue weighted by Gasteiger charge is 2.00. The largest absolute Gasteiger partial charge is 0.330 e. The summed E-state index contributed by atoms with van der Waals surface area (Å²) in [5, 5.41) is 0. The minimum Gasteiger partial charge on any atom is -0.330 e. The third kappa shape index (κ3) is 4.87. The highest BCUT2D eigenvalue weighted by atomic mass is 33.1. The number of nitrogens with two attached hydrogens (primary N) is 2. The molecular weight excluding hydrogens is 284 g/mol. The molecule has 4 heteroatoms. The fourth-order valence-electron chi connectivity index (χ4n) is 1.94. The van der Waals surface area contributed by atoms with E-state index in [1.54, 1.807) is 21.6 Å². The van der Waals surface area contributed by atoms with E-state index in [-0.39, 0.29) is 0 Å². The smallest absolute Gasteiger partial charge is 0.0189 e. The van der Waals surface area contributed by atoms with E-state index in [9.17, 15) is 0 Å². The van der Waals surface area contributed by atoms with E-state index in [2.05, 4.69) is 48.5 Å². The first kappa shape index (κ1) is 15.4. The monoisotopic (exact) mass is 304 g/mol. The lowest BCUT2D eigenvalue weighted by Crippen LogP contribution is -2.02. The molecule has 0 amide bonds. The zero-order chi connectivity index (χ0) is 14.2. The zero-order valence-corrected chi connectivity index (χ0v) is 13.1. The molecule has 2 rings (SSSR count). The second kappa shape index (κ2) is 8.37. The third-order valence-electron chi connectivity index (χ3n) is 2.90. The minimum absolute atomic E-state index is 0.697. The summed E-state index contributed by atoms with van der Waals surface area (Å²) in [6, 6.07) is 17.2. The summed E-state index contributed by atoms with van der Waals surface area (Å²) in [4.78, 5) is 2.54. The summed E-state index contributed by atoms with van der Waals surface area (Å²) < 4.78 is 0. The van der Waals surface area contributed by atoms with Crippen LogP contribution in [0.1, 0.15) is 11.1 Å². The van der Waals surface area contributed by atoms with E-state index < -0.39 is 0 Å². The summed E-state index contributed by atoms with van der Waals surface area (Å²) in [5.41, 5.74) is 13.8. The molecule has 2 aromatic carbocycles. The van der Waals surface area contributed by atoms with Gasteiger partial charge >= 0.3 is 0 Å². The molecule has 0 aliphatic rings. The molecular formula is C16H20N2S2. The Morgan fingerprint density at radius 2 is 1.15 bits per heavy atom. The van der Waals surface area contributed by atoms with E-state index in [0.717, 1.165) is 12.8 Å². The van der Waals surface area contributed by atoms with Crippen LogP contribution in [0.25, 0.3) is 0 Å². The summed E-state index contributed by atoms with van der Waals surface area (Å²) in [5.74, 6) is 0. The lowest BCUT2D eigenvalue weighted by molar-refractivity contribution is 0.964.